The van der Waals surface area contributed by atoms with Gasteiger partial charge >= 0.3 is 0 Å². The molecule has 0 spiro atoms. The van der Waals surface area contributed by atoms with E-state index in [1.807, 2.05) is 12.1 Å². The first-order valence-corrected chi connectivity index (χ1v) is 8.85. The molecule has 1 aromatic rings. The SMILES string of the molecule is CN=C(NCCCOCC(C)C)NCC1(c2ccccc2F)CC1. The van der Waals surface area contributed by atoms with Crippen LogP contribution in [0.2, 0.25) is 0 Å². The summed E-state index contributed by atoms with van der Waals surface area (Å²) in [4.78, 5) is 4.24. The molecule has 0 atom stereocenters. The molecule has 4 nitrogen and oxygen atoms in total. The van der Waals surface area contributed by atoms with Crippen molar-refractivity contribution in [2.24, 2.45) is 10.9 Å². The maximum atomic E-state index is 14.0. The quantitative estimate of drug-likeness (QED) is 0.414. The number of rotatable bonds is 9. The summed E-state index contributed by atoms with van der Waals surface area (Å²) in [6.07, 6.45) is 2.97. The molecule has 0 bridgehead atoms. The Morgan fingerprint density at radius 1 is 1.29 bits per heavy atom. The number of aliphatic imine (C=N–C) groups is 1. The van der Waals surface area contributed by atoms with Gasteiger partial charge in [0.25, 0.3) is 0 Å². The molecule has 0 unspecified atom stereocenters. The van der Waals surface area contributed by atoms with Crippen molar-refractivity contribution in [1.29, 1.82) is 0 Å². The molecule has 5 heteroatoms. The molecule has 2 rings (SSSR count). The van der Waals surface area contributed by atoms with Crippen LogP contribution in [0, 0.1) is 11.7 Å². The van der Waals surface area contributed by atoms with E-state index in [1.54, 1.807) is 19.2 Å². The highest BCUT2D eigenvalue weighted by atomic mass is 19.1. The van der Waals surface area contributed by atoms with Crippen LogP contribution in [0.3, 0.4) is 0 Å². The van der Waals surface area contributed by atoms with Gasteiger partial charge in [-0.05, 0) is 36.8 Å². The maximum absolute atomic E-state index is 14.0. The highest BCUT2D eigenvalue weighted by molar-refractivity contribution is 5.79. The third-order valence-corrected chi connectivity index (χ3v) is 4.33. The minimum absolute atomic E-state index is 0.0800. The van der Waals surface area contributed by atoms with Crippen LogP contribution in [0.25, 0.3) is 0 Å². The van der Waals surface area contributed by atoms with E-state index in [4.69, 9.17) is 4.74 Å². The smallest absolute Gasteiger partial charge is 0.191 e. The molecule has 0 heterocycles. The van der Waals surface area contributed by atoms with Gasteiger partial charge in [0.2, 0.25) is 0 Å². The van der Waals surface area contributed by atoms with E-state index < -0.39 is 0 Å². The lowest BCUT2D eigenvalue weighted by molar-refractivity contribution is 0.108. The van der Waals surface area contributed by atoms with Gasteiger partial charge in [-0.2, -0.15) is 0 Å². The van der Waals surface area contributed by atoms with Crippen LogP contribution in [0.5, 0.6) is 0 Å². The van der Waals surface area contributed by atoms with Crippen molar-refractivity contribution in [3.63, 3.8) is 0 Å². The number of halogens is 1. The lowest BCUT2D eigenvalue weighted by atomic mass is 9.95. The Hall–Kier alpha value is -1.62. The van der Waals surface area contributed by atoms with Crippen molar-refractivity contribution in [2.45, 2.75) is 38.5 Å². The molecular weight excluding hydrogens is 305 g/mol. The first-order chi connectivity index (χ1) is 11.6. The van der Waals surface area contributed by atoms with Gasteiger partial charge in [0.1, 0.15) is 5.82 Å². The van der Waals surface area contributed by atoms with Crippen LogP contribution in [-0.2, 0) is 10.2 Å². The predicted octanol–water partition coefficient (Wildman–Crippen LogP) is 3.09. The van der Waals surface area contributed by atoms with E-state index in [-0.39, 0.29) is 11.2 Å². The molecule has 1 saturated carbocycles. The van der Waals surface area contributed by atoms with Crippen LogP contribution in [0.4, 0.5) is 4.39 Å². The summed E-state index contributed by atoms with van der Waals surface area (Å²) in [7, 11) is 1.76. The van der Waals surface area contributed by atoms with Gasteiger partial charge in [-0.15, -0.1) is 0 Å². The summed E-state index contributed by atoms with van der Waals surface area (Å²) in [5, 5.41) is 6.63. The highest BCUT2D eigenvalue weighted by Gasteiger charge is 2.45. The second-order valence-corrected chi connectivity index (χ2v) is 6.94. The molecule has 134 valence electrons. The predicted molar refractivity (Wildman–Crippen MR) is 97.0 cm³/mol. The number of hydrogen-bond donors (Lipinski definition) is 2. The van der Waals surface area contributed by atoms with Gasteiger partial charge in [-0.25, -0.2) is 4.39 Å². The molecule has 1 fully saturated rings. The van der Waals surface area contributed by atoms with Gasteiger partial charge in [0.05, 0.1) is 0 Å². The van der Waals surface area contributed by atoms with Crippen LogP contribution < -0.4 is 10.6 Å². The van der Waals surface area contributed by atoms with E-state index in [1.165, 1.54) is 0 Å². The van der Waals surface area contributed by atoms with Crippen LogP contribution in [0.1, 0.15) is 38.7 Å². The van der Waals surface area contributed by atoms with Gasteiger partial charge in [-0.1, -0.05) is 32.0 Å². The van der Waals surface area contributed by atoms with E-state index >= 15 is 0 Å². The third-order valence-electron chi connectivity index (χ3n) is 4.33. The number of benzene rings is 1. The number of guanidine groups is 1. The lowest BCUT2D eigenvalue weighted by Gasteiger charge is -2.19. The number of ether oxygens (including phenoxy) is 1. The molecular formula is C19H30FN3O. The van der Waals surface area contributed by atoms with E-state index in [0.717, 1.165) is 50.5 Å². The first-order valence-electron chi connectivity index (χ1n) is 8.85. The molecule has 1 aliphatic rings. The molecule has 0 saturated heterocycles. The fraction of sp³-hybridized carbons (Fsp3) is 0.632. The normalized spacial score (nSPS) is 16.3. The minimum atomic E-state index is -0.109. The van der Waals surface area contributed by atoms with Crippen molar-refractivity contribution in [1.82, 2.24) is 10.6 Å². The lowest BCUT2D eigenvalue weighted by Crippen LogP contribution is -2.41. The molecule has 24 heavy (non-hydrogen) atoms. The molecule has 0 aliphatic heterocycles. The Morgan fingerprint density at radius 2 is 2.04 bits per heavy atom. The summed E-state index contributed by atoms with van der Waals surface area (Å²) in [5.41, 5.74) is 0.735. The summed E-state index contributed by atoms with van der Waals surface area (Å²) in [5.74, 6) is 1.23. The Bertz CT molecular complexity index is 541. The van der Waals surface area contributed by atoms with Crippen molar-refractivity contribution < 1.29 is 9.13 Å². The van der Waals surface area contributed by atoms with Crippen LogP contribution in [0.15, 0.2) is 29.3 Å². The standard InChI is InChI=1S/C19H30FN3O/c1-15(2)13-24-12-6-11-22-18(21-3)23-14-19(9-10-19)16-7-4-5-8-17(16)20/h4-5,7-8,15H,6,9-14H2,1-3H3,(H2,21,22,23). The van der Waals surface area contributed by atoms with E-state index in [0.29, 0.717) is 12.5 Å². The molecule has 0 amide bonds. The fourth-order valence-corrected chi connectivity index (χ4v) is 2.76. The Morgan fingerprint density at radius 3 is 2.67 bits per heavy atom. The monoisotopic (exact) mass is 335 g/mol. The summed E-state index contributed by atoms with van der Waals surface area (Å²) in [6, 6.07) is 7.08. The average Bonchev–Trinajstić information content (AvgIpc) is 3.34. The first kappa shape index (κ1) is 18.7. The average molecular weight is 335 g/mol. The van der Waals surface area contributed by atoms with Crippen molar-refractivity contribution in [3.05, 3.63) is 35.6 Å². The Labute approximate surface area is 144 Å². The fourth-order valence-electron chi connectivity index (χ4n) is 2.76. The van der Waals surface area contributed by atoms with Gasteiger partial charge < -0.3 is 15.4 Å². The number of hydrogen-bond acceptors (Lipinski definition) is 2. The van der Waals surface area contributed by atoms with E-state index in [9.17, 15) is 4.39 Å². The van der Waals surface area contributed by atoms with Crippen molar-refractivity contribution >= 4 is 5.96 Å². The zero-order valence-electron chi connectivity index (χ0n) is 15.1. The molecule has 0 aromatic heterocycles. The second kappa shape index (κ2) is 9.02. The maximum Gasteiger partial charge on any atom is 0.191 e. The zero-order chi connectivity index (χ0) is 17.4. The highest BCUT2D eigenvalue weighted by Crippen LogP contribution is 2.48. The van der Waals surface area contributed by atoms with Crippen LogP contribution >= 0.6 is 0 Å². The molecule has 0 radical (unpaired) electrons. The largest absolute Gasteiger partial charge is 0.381 e. The number of nitrogens with one attached hydrogen (secondary N) is 2. The Balaban J connectivity index is 1.71. The summed E-state index contributed by atoms with van der Waals surface area (Å²) >= 11 is 0. The topological polar surface area (TPSA) is 45.7 Å². The van der Waals surface area contributed by atoms with Gasteiger partial charge in [0, 0.05) is 38.8 Å². The van der Waals surface area contributed by atoms with Crippen molar-refractivity contribution in [3.8, 4) is 0 Å². The van der Waals surface area contributed by atoms with Crippen molar-refractivity contribution in [2.75, 3.05) is 33.4 Å². The van der Waals surface area contributed by atoms with Gasteiger partial charge in [0.15, 0.2) is 5.96 Å². The second-order valence-electron chi connectivity index (χ2n) is 6.94. The molecule has 2 N–H and O–H groups in total. The zero-order valence-corrected chi connectivity index (χ0v) is 15.1. The molecule has 1 aliphatic carbocycles. The number of nitrogens with zero attached hydrogens (tertiary/aromatic N) is 1. The summed E-state index contributed by atoms with van der Waals surface area (Å²) < 4.78 is 19.6. The summed E-state index contributed by atoms with van der Waals surface area (Å²) in [6.45, 7) is 7.36. The minimum Gasteiger partial charge on any atom is -0.381 e. The van der Waals surface area contributed by atoms with E-state index in [2.05, 4.69) is 29.5 Å². The van der Waals surface area contributed by atoms with Crippen LogP contribution in [-0.4, -0.2) is 39.3 Å². The molecule has 1 aromatic carbocycles. The third kappa shape index (κ3) is 5.48. The van der Waals surface area contributed by atoms with Gasteiger partial charge in [-0.3, -0.25) is 4.99 Å². The Kier molecular flexibility index (Phi) is 7.03.